The summed E-state index contributed by atoms with van der Waals surface area (Å²) in [5.41, 5.74) is 0. The van der Waals surface area contributed by atoms with E-state index in [2.05, 4.69) is 26.3 Å². The summed E-state index contributed by atoms with van der Waals surface area (Å²) in [6.45, 7) is -1.91. The molecule has 0 aromatic carbocycles. The molecule has 0 aliphatic carbocycles. The summed E-state index contributed by atoms with van der Waals surface area (Å²) in [6.07, 6.45) is -59.0. The van der Waals surface area contributed by atoms with Crippen LogP contribution in [-0.4, -0.2) is 374 Å². The third-order valence-electron chi connectivity index (χ3n) is 16.3. The topological polar surface area (TPSA) is 607 Å². The number of aliphatic hydroxyl groups excluding tert-OH is 19. The number of anilines is 1. The van der Waals surface area contributed by atoms with Crippen molar-refractivity contribution in [2.75, 3.05) is 51.5 Å². The van der Waals surface area contributed by atoms with Crippen molar-refractivity contribution in [3.63, 3.8) is 0 Å². The van der Waals surface area contributed by atoms with E-state index in [0.29, 0.717) is 0 Å². The molecule has 3 amide bonds. The average Bonchev–Trinajstić information content (AvgIpc) is 0.802. The quantitative estimate of drug-likeness (QED) is 0.0389. The van der Waals surface area contributed by atoms with Crippen molar-refractivity contribution < 1.29 is 168 Å². The van der Waals surface area contributed by atoms with Crippen LogP contribution in [0.1, 0.15) is 27.7 Å². The Labute approximate surface area is 523 Å². The van der Waals surface area contributed by atoms with Gasteiger partial charge in [0.15, 0.2) is 37.7 Å². The molecule has 6 fully saturated rings. The van der Waals surface area contributed by atoms with Crippen molar-refractivity contribution in [3.8, 4) is 0 Å². The molecule has 34 atom stereocenters. The number of aliphatic hydroxyl groups is 19. The van der Waals surface area contributed by atoms with Gasteiger partial charge in [0.2, 0.25) is 17.7 Å². The van der Waals surface area contributed by atoms with Gasteiger partial charge < -0.3 is 175 Å². The minimum absolute atomic E-state index is 0.254. The van der Waals surface area contributed by atoms with Crippen molar-refractivity contribution in [3.05, 3.63) is 24.4 Å². The number of nitrogens with one attached hydrogen (secondary N) is 4. The maximum atomic E-state index is 13.0. The van der Waals surface area contributed by atoms with Crippen LogP contribution in [0.5, 0.6) is 0 Å². The van der Waals surface area contributed by atoms with Gasteiger partial charge in [-0.3, -0.25) is 14.4 Å². The summed E-state index contributed by atoms with van der Waals surface area (Å²) < 4.78 is 70.3. The molecule has 6 aliphatic rings. The molecule has 0 unspecified atom stereocenters. The molecule has 528 valence electrons. The van der Waals surface area contributed by atoms with Gasteiger partial charge in [-0.15, -0.1) is 0 Å². The minimum Gasteiger partial charge on any atom is -0.394 e. The molecule has 7 rings (SSSR count). The Bertz CT molecular complexity index is 2440. The van der Waals surface area contributed by atoms with Gasteiger partial charge in [0.25, 0.3) is 0 Å². The van der Waals surface area contributed by atoms with Crippen molar-refractivity contribution in [2.45, 2.75) is 236 Å². The summed E-state index contributed by atoms with van der Waals surface area (Å²) in [6, 6.07) is -0.226. The smallest absolute Gasteiger partial charge is 0.217 e. The van der Waals surface area contributed by atoms with Gasteiger partial charge in [-0.05, 0) is 19.1 Å². The van der Waals surface area contributed by atoms with Crippen molar-refractivity contribution in [1.29, 1.82) is 0 Å². The first-order chi connectivity index (χ1) is 43.5. The van der Waals surface area contributed by atoms with E-state index in [-0.39, 0.29) is 12.4 Å². The fourth-order valence-corrected chi connectivity index (χ4v) is 11.2. The van der Waals surface area contributed by atoms with Crippen LogP contribution < -0.4 is 21.3 Å². The van der Waals surface area contributed by atoms with Crippen LogP contribution in [0.3, 0.4) is 0 Å². The van der Waals surface area contributed by atoms with Crippen LogP contribution in [0.15, 0.2) is 24.4 Å². The Morgan fingerprint density at radius 2 is 1.01 bits per heavy atom. The fourth-order valence-electron chi connectivity index (χ4n) is 11.2. The van der Waals surface area contributed by atoms with Gasteiger partial charge in [0.05, 0.1) is 51.8 Å². The largest absolute Gasteiger partial charge is 0.394 e. The fraction of sp³-hybridized carbons (Fsp3) is 0.849. The standard InChI is InChI=1S/C53H87N5O34/c1-16-30(67)38(75)41(78)50(83-16)81-14-21(66)44(31(68)20(56-17(2)63)9-55-27-7-5-6-8-54-27)89-49-29(58-19(4)65)37(74)45(25(13-62)87-49)90-52-43(80)46(91-51-42(79)39(76)33(70)23(11-60)85-51)35(72)26(88-52)15-82-53-47(40(77)34(71)24(12-61)86-53)92-48-28(57-18(3)64)36(73)32(69)22(10-59)84-48/h5-8,16,20-26,28-53,59-62,66-80H,9-15H2,1-4H3,(H,54,55)(H,56,63)(H,57,64)(H,58,65)/t16-,20-,21+,22+,23+,24+,25+,26+,28+,29+,30+,31+,32+,33+,34+,35+,36+,37+,38+,39-,40-,41-,42-,43-,44+,45+,46-,47-,48-,49-,50+,51+,52-,53-/m0/s1. The predicted octanol–water partition coefficient (Wildman–Crippen LogP) is -13.7. The number of carbonyl (C=O) groups is 3. The molecular formula is C53H87N5O34. The van der Waals surface area contributed by atoms with Crippen LogP contribution in [0.2, 0.25) is 0 Å². The lowest BCUT2D eigenvalue weighted by Gasteiger charge is -2.50. The van der Waals surface area contributed by atoms with Crippen molar-refractivity contribution >= 4 is 23.5 Å². The van der Waals surface area contributed by atoms with Gasteiger partial charge in [-0.1, -0.05) is 6.07 Å². The van der Waals surface area contributed by atoms with Crippen molar-refractivity contribution in [1.82, 2.24) is 20.9 Å². The first-order valence-electron chi connectivity index (χ1n) is 29.4. The third kappa shape index (κ3) is 17.8. The lowest BCUT2D eigenvalue weighted by atomic mass is 9.94. The zero-order valence-corrected chi connectivity index (χ0v) is 50.0. The van der Waals surface area contributed by atoms with E-state index >= 15 is 0 Å². The zero-order chi connectivity index (χ0) is 67.7. The van der Waals surface area contributed by atoms with Gasteiger partial charge >= 0.3 is 0 Å². The molecule has 92 heavy (non-hydrogen) atoms. The molecule has 1 aromatic rings. The van der Waals surface area contributed by atoms with Gasteiger partial charge in [0.1, 0.15) is 164 Å². The molecular weight excluding hydrogens is 1250 g/mol. The SMILES string of the molecule is CC(=O)N[C@H]1[C@H](O[C@@H]([C@H](O)[C@H](CNc2ccccn2)NC(C)=O)[C@H](O)CO[C@@H]2O[C@@H](C)[C@@H](O)[C@@H](O)[C@@H]2O)O[C@H](CO)[C@@H](O[C@@H]2O[C@H](CO[C@H]3O[C@H](CO)[C@@H](O)[C@H](O)[C@@H]3O[C@@H]3O[C@H](CO)[C@@H](O)[C@H](O)[C@H]3NC(C)=O)[C@@H](O)[C@H](O[C@H]3O[C@H](CO)[C@@H](O)[C@H](O)[C@@H]3O)[C@@H]2O)[C@@H]1O. The lowest BCUT2D eigenvalue weighted by molar-refractivity contribution is -0.386. The monoisotopic (exact) mass is 1340 g/mol. The molecule has 39 heteroatoms. The first kappa shape index (κ1) is 75.5. The highest BCUT2D eigenvalue weighted by Crippen LogP contribution is 2.36. The second-order valence-electron chi connectivity index (χ2n) is 23.0. The maximum absolute atomic E-state index is 13.0. The molecule has 23 N–H and O–H groups in total. The van der Waals surface area contributed by atoms with E-state index in [9.17, 15) is 111 Å². The number of hydrogen-bond acceptors (Lipinski definition) is 36. The summed E-state index contributed by atoms with van der Waals surface area (Å²) >= 11 is 0. The number of amides is 3. The molecule has 0 spiro atoms. The predicted molar refractivity (Wildman–Crippen MR) is 293 cm³/mol. The highest BCUT2D eigenvalue weighted by Gasteiger charge is 2.57. The minimum atomic E-state index is -2.36. The Balaban J connectivity index is 1.19. The van der Waals surface area contributed by atoms with E-state index in [1.165, 1.54) is 13.1 Å². The molecule has 1 aromatic heterocycles. The molecule has 7 heterocycles. The summed E-state index contributed by atoms with van der Waals surface area (Å²) in [5, 5.41) is 219. The van der Waals surface area contributed by atoms with Gasteiger partial charge in [0, 0.05) is 33.5 Å². The normalized spacial score (nSPS) is 43.2. The van der Waals surface area contributed by atoms with E-state index in [4.69, 9.17) is 56.8 Å². The molecule has 0 bridgehead atoms. The Hall–Kier alpha value is -3.88. The van der Waals surface area contributed by atoms with Crippen LogP contribution in [-0.2, 0) is 71.2 Å². The number of carbonyl (C=O) groups excluding carboxylic acids is 3. The Morgan fingerprint density at radius 3 is 1.60 bits per heavy atom. The number of aromatic nitrogens is 1. The van der Waals surface area contributed by atoms with Crippen LogP contribution >= 0.6 is 0 Å². The number of ether oxygens (including phenoxy) is 12. The summed E-state index contributed by atoms with van der Waals surface area (Å²) in [7, 11) is 0. The highest BCUT2D eigenvalue weighted by molar-refractivity contribution is 5.74. The highest BCUT2D eigenvalue weighted by atomic mass is 16.8. The van der Waals surface area contributed by atoms with E-state index in [1.807, 2.05) is 0 Å². The lowest BCUT2D eigenvalue weighted by Crippen LogP contribution is -2.69. The number of nitrogens with zero attached hydrogens (tertiary/aromatic N) is 1. The number of pyridine rings is 1. The first-order valence-corrected chi connectivity index (χ1v) is 29.4. The molecule has 39 nitrogen and oxygen atoms in total. The average molecular weight is 1340 g/mol. The van der Waals surface area contributed by atoms with Crippen LogP contribution in [0, 0.1) is 0 Å². The van der Waals surface area contributed by atoms with Crippen LogP contribution in [0.4, 0.5) is 5.82 Å². The van der Waals surface area contributed by atoms with Crippen molar-refractivity contribution in [2.24, 2.45) is 0 Å². The van der Waals surface area contributed by atoms with E-state index < -0.39 is 266 Å². The van der Waals surface area contributed by atoms with E-state index in [1.54, 1.807) is 18.2 Å². The van der Waals surface area contributed by atoms with E-state index in [0.717, 1.165) is 20.8 Å². The maximum Gasteiger partial charge on any atom is 0.217 e. The number of rotatable bonds is 27. The van der Waals surface area contributed by atoms with Crippen LogP contribution in [0.25, 0.3) is 0 Å². The van der Waals surface area contributed by atoms with Gasteiger partial charge in [-0.25, -0.2) is 4.98 Å². The second kappa shape index (κ2) is 33.9. The Morgan fingerprint density at radius 1 is 0.500 bits per heavy atom. The number of hydrogen-bond donors (Lipinski definition) is 23. The molecule has 6 aliphatic heterocycles. The molecule has 0 radical (unpaired) electrons. The second-order valence-corrected chi connectivity index (χ2v) is 23.0. The summed E-state index contributed by atoms with van der Waals surface area (Å²) in [4.78, 5) is 42.1. The molecule has 0 saturated carbocycles. The van der Waals surface area contributed by atoms with Gasteiger partial charge in [-0.2, -0.15) is 0 Å². The summed E-state index contributed by atoms with van der Waals surface area (Å²) in [5.74, 6) is -2.16. The zero-order valence-electron chi connectivity index (χ0n) is 50.0. The molecule has 6 saturated heterocycles. The third-order valence-corrected chi connectivity index (χ3v) is 16.3. The Kier molecular flexibility index (Phi) is 27.8.